The van der Waals surface area contributed by atoms with Crippen LogP contribution in [0.25, 0.3) is 0 Å². The van der Waals surface area contributed by atoms with Crippen LogP contribution in [-0.2, 0) is 4.79 Å². The molecule has 1 heterocycles. The molecule has 2 aromatic carbocycles. The van der Waals surface area contributed by atoms with Crippen molar-refractivity contribution in [1.82, 2.24) is 0 Å². The number of hydrogen-bond donors (Lipinski definition) is 1. The molecule has 3 nitrogen and oxygen atoms in total. The number of thioether (sulfide) groups is 1. The van der Waals surface area contributed by atoms with E-state index in [1.165, 1.54) is 4.90 Å². The molecule has 0 spiro atoms. The lowest BCUT2D eigenvalue weighted by Gasteiger charge is -2.00. The van der Waals surface area contributed by atoms with E-state index in [2.05, 4.69) is 26.2 Å². The summed E-state index contributed by atoms with van der Waals surface area (Å²) in [5.74, 6) is -0.160. The van der Waals surface area contributed by atoms with E-state index in [4.69, 9.17) is 0 Å². The maximum absolute atomic E-state index is 12.0. The molecule has 100 valence electrons. The highest BCUT2D eigenvalue weighted by Gasteiger charge is 2.25. The molecule has 20 heavy (non-hydrogen) atoms. The van der Waals surface area contributed by atoms with Gasteiger partial charge in [0.05, 0.1) is 11.4 Å². The van der Waals surface area contributed by atoms with Gasteiger partial charge in [-0.05, 0) is 48.7 Å². The fraction of sp³-hybridized carbons (Fsp3) is 0.0667. The fourth-order valence-electron chi connectivity index (χ4n) is 2.02. The van der Waals surface area contributed by atoms with Gasteiger partial charge in [-0.15, -0.1) is 11.8 Å². The summed E-state index contributed by atoms with van der Waals surface area (Å²) >= 11 is 5.10. The molecule has 0 atom stereocenters. The minimum Gasteiger partial charge on any atom is -0.320 e. The van der Waals surface area contributed by atoms with Gasteiger partial charge in [0, 0.05) is 14.9 Å². The number of benzene rings is 2. The van der Waals surface area contributed by atoms with Gasteiger partial charge >= 0.3 is 0 Å². The molecular formula is C15H11BrN2OS. The lowest BCUT2D eigenvalue weighted by molar-refractivity contribution is -0.110. The Morgan fingerprint density at radius 3 is 2.60 bits per heavy atom. The molecule has 0 aliphatic carbocycles. The standard InChI is InChI=1S/C15H11BrN2OS/c1-20-11-5-3-10(4-6-11)17-14-12-8-9(16)2-7-13(12)18-15(14)19/h2-8H,1H3,(H,17,18,19). The number of carbonyl (C=O) groups excluding carboxylic acids is 1. The molecule has 2 aromatic rings. The first-order valence-electron chi connectivity index (χ1n) is 6.01. The third-order valence-corrected chi connectivity index (χ3v) is 4.25. The SMILES string of the molecule is CSc1ccc(N=C2C(=O)Nc3ccc(Br)cc32)cc1. The summed E-state index contributed by atoms with van der Waals surface area (Å²) in [6.45, 7) is 0. The summed E-state index contributed by atoms with van der Waals surface area (Å²) in [5.41, 5.74) is 2.87. The predicted molar refractivity (Wildman–Crippen MR) is 87.2 cm³/mol. The molecule has 1 aliphatic heterocycles. The van der Waals surface area contributed by atoms with Crippen molar-refractivity contribution in [3.63, 3.8) is 0 Å². The van der Waals surface area contributed by atoms with Crippen LogP contribution in [0, 0.1) is 0 Å². The Balaban J connectivity index is 2.03. The summed E-state index contributed by atoms with van der Waals surface area (Å²) in [4.78, 5) is 17.7. The van der Waals surface area contributed by atoms with Crippen molar-refractivity contribution in [1.29, 1.82) is 0 Å². The molecule has 0 fully saturated rings. The fourth-order valence-corrected chi connectivity index (χ4v) is 2.79. The van der Waals surface area contributed by atoms with E-state index in [0.717, 1.165) is 21.4 Å². The monoisotopic (exact) mass is 346 g/mol. The van der Waals surface area contributed by atoms with E-state index in [9.17, 15) is 4.79 Å². The second-order valence-corrected chi connectivity index (χ2v) is 6.10. The first-order chi connectivity index (χ1) is 9.67. The third-order valence-electron chi connectivity index (χ3n) is 3.01. The maximum atomic E-state index is 12.0. The van der Waals surface area contributed by atoms with E-state index in [1.54, 1.807) is 11.8 Å². The molecule has 5 heteroatoms. The number of nitrogens with one attached hydrogen (secondary N) is 1. The lowest BCUT2D eigenvalue weighted by atomic mass is 10.1. The number of anilines is 1. The van der Waals surface area contributed by atoms with Crippen molar-refractivity contribution < 1.29 is 4.79 Å². The average molecular weight is 347 g/mol. The van der Waals surface area contributed by atoms with Gasteiger partial charge in [-0.1, -0.05) is 15.9 Å². The van der Waals surface area contributed by atoms with Crippen molar-refractivity contribution in [2.45, 2.75) is 4.90 Å². The van der Waals surface area contributed by atoms with E-state index >= 15 is 0 Å². The molecule has 1 amide bonds. The van der Waals surface area contributed by atoms with Gasteiger partial charge in [0.2, 0.25) is 0 Å². The Hall–Kier alpha value is -1.59. The van der Waals surface area contributed by atoms with E-state index in [-0.39, 0.29) is 5.91 Å². The molecule has 1 N–H and O–H groups in total. The Bertz CT molecular complexity index is 710. The van der Waals surface area contributed by atoms with Crippen LogP contribution in [0.3, 0.4) is 0 Å². The number of halogens is 1. The summed E-state index contributed by atoms with van der Waals surface area (Å²) in [6, 6.07) is 13.5. The summed E-state index contributed by atoms with van der Waals surface area (Å²) < 4.78 is 0.929. The number of nitrogens with zero attached hydrogens (tertiary/aromatic N) is 1. The molecule has 0 bridgehead atoms. The highest BCUT2D eigenvalue weighted by Crippen LogP contribution is 2.29. The largest absolute Gasteiger partial charge is 0.320 e. The highest BCUT2D eigenvalue weighted by molar-refractivity contribution is 9.10. The number of amides is 1. The molecule has 3 rings (SSSR count). The summed E-state index contributed by atoms with van der Waals surface area (Å²) in [5, 5.41) is 2.82. The van der Waals surface area contributed by atoms with Crippen molar-refractivity contribution in [3.8, 4) is 0 Å². The molecule has 0 unspecified atom stereocenters. The number of carbonyl (C=O) groups is 1. The molecular weight excluding hydrogens is 336 g/mol. The van der Waals surface area contributed by atoms with Gasteiger partial charge in [-0.2, -0.15) is 0 Å². The molecule has 0 radical (unpaired) electrons. The van der Waals surface area contributed by atoms with Gasteiger partial charge in [0.1, 0.15) is 5.71 Å². The van der Waals surface area contributed by atoms with Crippen LogP contribution >= 0.6 is 27.7 Å². The van der Waals surface area contributed by atoms with Crippen molar-refractivity contribution in [3.05, 3.63) is 52.5 Å². The number of fused-ring (bicyclic) bond motifs is 1. The maximum Gasteiger partial charge on any atom is 0.275 e. The zero-order valence-corrected chi connectivity index (χ0v) is 13.1. The first kappa shape index (κ1) is 13.4. The van der Waals surface area contributed by atoms with Gasteiger partial charge < -0.3 is 5.32 Å². The Morgan fingerprint density at radius 2 is 1.90 bits per heavy atom. The quantitative estimate of drug-likeness (QED) is 0.826. The number of hydrogen-bond acceptors (Lipinski definition) is 3. The van der Waals surface area contributed by atoms with Crippen LogP contribution in [0.2, 0.25) is 0 Å². The van der Waals surface area contributed by atoms with E-state index in [1.807, 2.05) is 48.7 Å². The molecule has 0 saturated carbocycles. The van der Waals surface area contributed by atoms with Gasteiger partial charge in [-0.25, -0.2) is 4.99 Å². The van der Waals surface area contributed by atoms with Crippen LogP contribution in [0.4, 0.5) is 11.4 Å². The molecule has 1 aliphatic rings. The van der Waals surface area contributed by atoms with Gasteiger partial charge in [0.15, 0.2) is 0 Å². The lowest BCUT2D eigenvalue weighted by Crippen LogP contribution is -2.13. The number of aliphatic imine (C=N–C) groups is 1. The Morgan fingerprint density at radius 1 is 1.15 bits per heavy atom. The second-order valence-electron chi connectivity index (χ2n) is 4.30. The van der Waals surface area contributed by atoms with Crippen LogP contribution in [0.1, 0.15) is 5.56 Å². The first-order valence-corrected chi connectivity index (χ1v) is 8.03. The number of rotatable bonds is 2. The normalized spacial score (nSPS) is 15.3. The second kappa shape index (κ2) is 5.42. The van der Waals surface area contributed by atoms with E-state index < -0.39 is 0 Å². The molecule has 0 aromatic heterocycles. The average Bonchev–Trinajstić information content (AvgIpc) is 2.76. The van der Waals surface area contributed by atoms with Crippen molar-refractivity contribution in [2.24, 2.45) is 4.99 Å². The van der Waals surface area contributed by atoms with Gasteiger partial charge in [0.25, 0.3) is 5.91 Å². The summed E-state index contributed by atoms with van der Waals surface area (Å²) in [6.07, 6.45) is 2.03. The minimum atomic E-state index is -0.160. The van der Waals surface area contributed by atoms with Gasteiger partial charge in [-0.3, -0.25) is 4.79 Å². The zero-order valence-electron chi connectivity index (χ0n) is 10.7. The minimum absolute atomic E-state index is 0.160. The highest BCUT2D eigenvalue weighted by atomic mass is 79.9. The Kier molecular flexibility index (Phi) is 3.63. The van der Waals surface area contributed by atoms with Crippen molar-refractivity contribution in [2.75, 3.05) is 11.6 Å². The summed E-state index contributed by atoms with van der Waals surface area (Å²) in [7, 11) is 0. The van der Waals surface area contributed by atoms with Crippen LogP contribution < -0.4 is 5.32 Å². The zero-order chi connectivity index (χ0) is 14.1. The van der Waals surface area contributed by atoms with Crippen LogP contribution in [-0.4, -0.2) is 17.9 Å². The van der Waals surface area contributed by atoms with Crippen LogP contribution in [0.5, 0.6) is 0 Å². The van der Waals surface area contributed by atoms with E-state index in [0.29, 0.717) is 5.71 Å². The topological polar surface area (TPSA) is 41.5 Å². The predicted octanol–water partition coefficient (Wildman–Crippen LogP) is 4.24. The Labute approximate surface area is 129 Å². The smallest absolute Gasteiger partial charge is 0.275 e. The van der Waals surface area contributed by atoms with Crippen molar-refractivity contribution >= 4 is 50.7 Å². The van der Waals surface area contributed by atoms with Crippen LogP contribution in [0.15, 0.2) is 56.8 Å². The molecule has 0 saturated heterocycles. The third kappa shape index (κ3) is 2.51.